The van der Waals surface area contributed by atoms with Crippen LogP contribution in [0.2, 0.25) is 0 Å². The topological polar surface area (TPSA) is 9.72 Å². The Hall–Kier alpha value is -0.120. The van der Waals surface area contributed by atoms with Crippen molar-refractivity contribution in [1.82, 2.24) is 14.7 Å². The molecule has 2 heterocycles. The van der Waals surface area contributed by atoms with Gasteiger partial charge in [-0.15, -0.1) is 0 Å². The molecule has 19 heavy (non-hydrogen) atoms. The van der Waals surface area contributed by atoms with Gasteiger partial charge in [-0.3, -0.25) is 4.90 Å². The molecule has 0 N–H and O–H groups in total. The van der Waals surface area contributed by atoms with Crippen molar-refractivity contribution in [2.45, 2.75) is 52.6 Å². The van der Waals surface area contributed by atoms with Crippen molar-refractivity contribution >= 4 is 0 Å². The van der Waals surface area contributed by atoms with Gasteiger partial charge in [0.1, 0.15) is 0 Å². The molecule has 2 saturated heterocycles. The predicted molar refractivity (Wildman–Crippen MR) is 82.6 cm³/mol. The number of hydrogen-bond acceptors (Lipinski definition) is 3. The van der Waals surface area contributed by atoms with Crippen molar-refractivity contribution in [2.24, 2.45) is 5.92 Å². The van der Waals surface area contributed by atoms with Crippen molar-refractivity contribution < 1.29 is 0 Å². The molecule has 0 aromatic heterocycles. The van der Waals surface area contributed by atoms with E-state index >= 15 is 0 Å². The fourth-order valence-corrected chi connectivity index (χ4v) is 3.45. The molecule has 2 aliphatic rings. The Morgan fingerprint density at radius 3 is 2.11 bits per heavy atom. The highest BCUT2D eigenvalue weighted by Gasteiger charge is 2.29. The summed E-state index contributed by atoms with van der Waals surface area (Å²) in [7, 11) is 0. The second kappa shape index (κ2) is 6.11. The third kappa shape index (κ3) is 4.17. The Kier molecular flexibility index (Phi) is 4.91. The zero-order valence-electron chi connectivity index (χ0n) is 13.7. The van der Waals surface area contributed by atoms with Gasteiger partial charge < -0.3 is 9.80 Å². The molecular formula is C16H33N3. The summed E-state index contributed by atoms with van der Waals surface area (Å²) in [5.41, 5.74) is 0.341. The van der Waals surface area contributed by atoms with Crippen LogP contribution in [-0.4, -0.2) is 72.1 Å². The van der Waals surface area contributed by atoms with E-state index in [1.54, 1.807) is 0 Å². The van der Waals surface area contributed by atoms with Gasteiger partial charge in [0, 0.05) is 50.8 Å². The highest BCUT2D eigenvalue weighted by molar-refractivity contribution is 4.85. The van der Waals surface area contributed by atoms with E-state index in [2.05, 4.69) is 49.3 Å². The van der Waals surface area contributed by atoms with Gasteiger partial charge in [-0.1, -0.05) is 0 Å². The molecular weight excluding hydrogens is 234 g/mol. The number of nitrogens with zero attached hydrogens (tertiary/aromatic N) is 3. The van der Waals surface area contributed by atoms with Crippen molar-refractivity contribution in [3.8, 4) is 0 Å². The van der Waals surface area contributed by atoms with E-state index in [-0.39, 0.29) is 0 Å². The van der Waals surface area contributed by atoms with Crippen LogP contribution in [-0.2, 0) is 0 Å². The highest BCUT2D eigenvalue weighted by Crippen LogP contribution is 2.21. The Bertz CT molecular complexity index is 274. The van der Waals surface area contributed by atoms with Crippen LogP contribution in [0.1, 0.15) is 41.0 Å². The summed E-state index contributed by atoms with van der Waals surface area (Å²) >= 11 is 0. The molecule has 0 aliphatic carbocycles. The third-order valence-electron chi connectivity index (χ3n) is 4.88. The summed E-state index contributed by atoms with van der Waals surface area (Å²) in [6.07, 6.45) is 1.40. The van der Waals surface area contributed by atoms with Crippen LogP contribution in [0.15, 0.2) is 0 Å². The standard InChI is InChI=1S/C16H33N3/c1-14(2)18-7-6-15(13-18)12-17-8-10-19(11-9-17)16(3,4)5/h14-15H,6-13H2,1-5H3/t15-/m0/s1. The average molecular weight is 267 g/mol. The van der Waals surface area contributed by atoms with E-state index in [0.717, 1.165) is 12.0 Å². The van der Waals surface area contributed by atoms with Crippen molar-refractivity contribution in [3.05, 3.63) is 0 Å². The number of piperazine rings is 1. The number of hydrogen-bond donors (Lipinski definition) is 0. The lowest BCUT2D eigenvalue weighted by Gasteiger charge is -2.42. The molecule has 0 saturated carbocycles. The Morgan fingerprint density at radius 2 is 1.63 bits per heavy atom. The smallest absolute Gasteiger partial charge is 0.0126 e. The minimum atomic E-state index is 0.341. The summed E-state index contributed by atoms with van der Waals surface area (Å²) in [6.45, 7) is 20.6. The molecule has 2 rings (SSSR count). The molecule has 0 radical (unpaired) electrons. The first kappa shape index (κ1) is 15.3. The summed E-state index contributed by atoms with van der Waals surface area (Å²) < 4.78 is 0. The van der Waals surface area contributed by atoms with Crippen LogP contribution in [0, 0.1) is 5.92 Å². The maximum atomic E-state index is 2.69. The molecule has 1 atom stereocenters. The second-order valence-corrected chi connectivity index (χ2v) is 7.70. The van der Waals surface area contributed by atoms with E-state index in [1.807, 2.05) is 0 Å². The van der Waals surface area contributed by atoms with Crippen LogP contribution in [0.3, 0.4) is 0 Å². The quantitative estimate of drug-likeness (QED) is 0.775. The molecule has 112 valence electrons. The SMILES string of the molecule is CC(C)N1CC[C@@H](CN2CCN(C(C)(C)C)CC2)C1. The van der Waals surface area contributed by atoms with Crippen LogP contribution in [0.5, 0.6) is 0 Å². The van der Waals surface area contributed by atoms with Gasteiger partial charge in [-0.05, 0) is 53.5 Å². The van der Waals surface area contributed by atoms with E-state index in [9.17, 15) is 0 Å². The Balaban J connectivity index is 1.72. The van der Waals surface area contributed by atoms with E-state index in [1.165, 1.54) is 52.2 Å². The van der Waals surface area contributed by atoms with Crippen LogP contribution in [0.25, 0.3) is 0 Å². The molecule has 0 amide bonds. The molecule has 0 unspecified atom stereocenters. The molecule has 0 aromatic carbocycles. The van der Waals surface area contributed by atoms with Crippen molar-refractivity contribution in [3.63, 3.8) is 0 Å². The molecule has 0 bridgehead atoms. The zero-order valence-corrected chi connectivity index (χ0v) is 13.7. The van der Waals surface area contributed by atoms with Gasteiger partial charge in [0.15, 0.2) is 0 Å². The highest BCUT2D eigenvalue weighted by atomic mass is 15.3. The maximum absolute atomic E-state index is 2.69. The lowest BCUT2D eigenvalue weighted by Crippen LogP contribution is -2.54. The van der Waals surface area contributed by atoms with Gasteiger partial charge in [-0.25, -0.2) is 0 Å². The molecule has 0 spiro atoms. The third-order valence-corrected chi connectivity index (χ3v) is 4.88. The molecule has 0 aromatic rings. The van der Waals surface area contributed by atoms with Gasteiger partial charge in [0.2, 0.25) is 0 Å². The zero-order chi connectivity index (χ0) is 14.0. The van der Waals surface area contributed by atoms with Crippen LogP contribution in [0.4, 0.5) is 0 Å². The Morgan fingerprint density at radius 1 is 1.00 bits per heavy atom. The molecule has 3 heteroatoms. The summed E-state index contributed by atoms with van der Waals surface area (Å²) in [5, 5.41) is 0. The van der Waals surface area contributed by atoms with Crippen LogP contribution >= 0.6 is 0 Å². The summed E-state index contributed by atoms with van der Waals surface area (Å²) in [5.74, 6) is 0.906. The minimum Gasteiger partial charge on any atom is -0.301 e. The number of likely N-dealkylation sites (tertiary alicyclic amines) is 1. The van der Waals surface area contributed by atoms with Crippen LogP contribution < -0.4 is 0 Å². The first-order chi connectivity index (χ1) is 8.86. The fraction of sp³-hybridized carbons (Fsp3) is 1.00. The maximum Gasteiger partial charge on any atom is 0.0126 e. The lowest BCUT2D eigenvalue weighted by molar-refractivity contribution is 0.0555. The lowest BCUT2D eigenvalue weighted by atomic mass is 10.0. The molecule has 3 nitrogen and oxygen atoms in total. The van der Waals surface area contributed by atoms with Gasteiger partial charge in [-0.2, -0.15) is 0 Å². The molecule has 2 fully saturated rings. The fourth-order valence-electron chi connectivity index (χ4n) is 3.45. The summed E-state index contributed by atoms with van der Waals surface area (Å²) in [4.78, 5) is 7.95. The second-order valence-electron chi connectivity index (χ2n) is 7.70. The minimum absolute atomic E-state index is 0.341. The van der Waals surface area contributed by atoms with Gasteiger partial charge in [0.25, 0.3) is 0 Å². The monoisotopic (exact) mass is 267 g/mol. The van der Waals surface area contributed by atoms with Gasteiger partial charge >= 0.3 is 0 Å². The largest absolute Gasteiger partial charge is 0.301 e. The number of rotatable bonds is 3. The normalized spacial score (nSPS) is 28.4. The summed E-state index contributed by atoms with van der Waals surface area (Å²) in [6, 6.07) is 0.725. The van der Waals surface area contributed by atoms with E-state index in [0.29, 0.717) is 5.54 Å². The first-order valence-corrected chi connectivity index (χ1v) is 8.07. The predicted octanol–water partition coefficient (Wildman–Crippen LogP) is 2.13. The van der Waals surface area contributed by atoms with Crippen molar-refractivity contribution in [2.75, 3.05) is 45.8 Å². The van der Waals surface area contributed by atoms with E-state index in [4.69, 9.17) is 0 Å². The van der Waals surface area contributed by atoms with E-state index < -0.39 is 0 Å². The molecule has 2 aliphatic heterocycles. The first-order valence-electron chi connectivity index (χ1n) is 8.07. The van der Waals surface area contributed by atoms with Gasteiger partial charge in [0.05, 0.1) is 0 Å². The Labute approximate surface area is 119 Å². The van der Waals surface area contributed by atoms with Crippen molar-refractivity contribution in [1.29, 1.82) is 0 Å². The average Bonchev–Trinajstić information content (AvgIpc) is 2.77.